The van der Waals surface area contributed by atoms with E-state index in [1.807, 2.05) is 12.1 Å². The van der Waals surface area contributed by atoms with E-state index in [0.29, 0.717) is 17.5 Å². The molecule has 1 atom stereocenters. The van der Waals surface area contributed by atoms with Crippen molar-refractivity contribution < 1.29 is 5.11 Å². The van der Waals surface area contributed by atoms with Crippen LogP contribution >= 0.6 is 11.6 Å². The molecule has 0 saturated carbocycles. The topological polar surface area (TPSA) is 20.2 Å². The summed E-state index contributed by atoms with van der Waals surface area (Å²) in [5.74, 6) is 1.27. The zero-order valence-electron chi connectivity index (χ0n) is 8.05. The molecule has 0 aliphatic heterocycles. The zero-order chi connectivity index (χ0) is 9.84. The third-order valence-electron chi connectivity index (χ3n) is 2.39. The molecule has 13 heavy (non-hydrogen) atoms. The maximum absolute atomic E-state index is 9.59. The SMILES string of the molecule is CCC(C)c1cc(CCl)ccc1O. The van der Waals surface area contributed by atoms with Crippen LogP contribution < -0.4 is 0 Å². The average molecular weight is 199 g/mol. The van der Waals surface area contributed by atoms with E-state index < -0.39 is 0 Å². The van der Waals surface area contributed by atoms with Crippen LogP contribution in [0.15, 0.2) is 18.2 Å². The van der Waals surface area contributed by atoms with Gasteiger partial charge in [0.2, 0.25) is 0 Å². The minimum atomic E-state index is 0.378. The van der Waals surface area contributed by atoms with E-state index in [4.69, 9.17) is 11.6 Å². The van der Waals surface area contributed by atoms with Crippen LogP contribution in [-0.4, -0.2) is 5.11 Å². The van der Waals surface area contributed by atoms with Gasteiger partial charge in [0.25, 0.3) is 0 Å². The number of phenols is 1. The van der Waals surface area contributed by atoms with Crippen LogP contribution in [0.1, 0.15) is 37.3 Å². The quantitative estimate of drug-likeness (QED) is 0.736. The monoisotopic (exact) mass is 198 g/mol. The van der Waals surface area contributed by atoms with Gasteiger partial charge in [-0.1, -0.05) is 26.0 Å². The molecule has 0 heterocycles. The predicted molar refractivity (Wildman–Crippen MR) is 56.4 cm³/mol. The molecule has 0 spiro atoms. The van der Waals surface area contributed by atoms with E-state index in [1.165, 1.54) is 0 Å². The van der Waals surface area contributed by atoms with Gasteiger partial charge in [-0.3, -0.25) is 0 Å². The van der Waals surface area contributed by atoms with Crippen LogP contribution in [0.5, 0.6) is 5.75 Å². The van der Waals surface area contributed by atoms with Gasteiger partial charge in [0.15, 0.2) is 0 Å². The number of benzene rings is 1. The van der Waals surface area contributed by atoms with E-state index >= 15 is 0 Å². The fraction of sp³-hybridized carbons (Fsp3) is 0.455. The molecule has 0 saturated heterocycles. The summed E-state index contributed by atoms with van der Waals surface area (Å²) in [5.41, 5.74) is 2.07. The zero-order valence-corrected chi connectivity index (χ0v) is 8.80. The highest BCUT2D eigenvalue weighted by Gasteiger charge is 2.08. The second-order valence-corrected chi connectivity index (χ2v) is 3.60. The van der Waals surface area contributed by atoms with E-state index in [0.717, 1.165) is 17.5 Å². The fourth-order valence-corrected chi connectivity index (χ4v) is 1.47. The Morgan fingerprint density at radius 2 is 2.15 bits per heavy atom. The minimum absolute atomic E-state index is 0.378. The van der Waals surface area contributed by atoms with Crippen LogP contribution in [0.4, 0.5) is 0 Å². The van der Waals surface area contributed by atoms with E-state index in [2.05, 4.69) is 13.8 Å². The predicted octanol–water partition coefficient (Wildman–Crippen LogP) is 3.64. The first-order valence-corrected chi connectivity index (χ1v) is 5.10. The second kappa shape index (κ2) is 4.52. The number of phenolic OH excluding ortho intramolecular Hbond substituents is 1. The molecule has 0 fully saturated rings. The van der Waals surface area contributed by atoms with Gasteiger partial charge in [-0.05, 0) is 29.5 Å². The first-order chi connectivity index (χ1) is 6.19. The summed E-state index contributed by atoms with van der Waals surface area (Å²) >= 11 is 5.72. The van der Waals surface area contributed by atoms with Crippen molar-refractivity contribution in [1.29, 1.82) is 0 Å². The molecule has 0 aliphatic carbocycles. The highest BCUT2D eigenvalue weighted by atomic mass is 35.5. The number of hydrogen-bond donors (Lipinski definition) is 1. The Kier molecular flexibility index (Phi) is 3.61. The van der Waals surface area contributed by atoms with Crippen LogP contribution in [-0.2, 0) is 5.88 Å². The minimum Gasteiger partial charge on any atom is -0.508 e. The molecule has 1 unspecified atom stereocenters. The summed E-state index contributed by atoms with van der Waals surface area (Å²) in [7, 11) is 0. The maximum atomic E-state index is 9.59. The highest BCUT2D eigenvalue weighted by Crippen LogP contribution is 2.28. The van der Waals surface area contributed by atoms with Gasteiger partial charge in [-0.2, -0.15) is 0 Å². The van der Waals surface area contributed by atoms with Gasteiger partial charge in [0, 0.05) is 5.88 Å². The van der Waals surface area contributed by atoms with Crippen LogP contribution in [0.25, 0.3) is 0 Å². The highest BCUT2D eigenvalue weighted by molar-refractivity contribution is 6.17. The Hall–Kier alpha value is -0.690. The smallest absolute Gasteiger partial charge is 0.119 e. The van der Waals surface area contributed by atoms with Crippen LogP contribution in [0.2, 0.25) is 0 Å². The molecule has 0 bridgehead atoms. The summed E-state index contributed by atoms with van der Waals surface area (Å²) in [5, 5.41) is 9.59. The summed E-state index contributed by atoms with van der Waals surface area (Å²) in [6.45, 7) is 4.21. The normalized spacial score (nSPS) is 12.8. The third-order valence-corrected chi connectivity index (χ3v) is 2.70. The molecule has 1 aromatic carbocycles. The first-order valence-electron chi connectivity index (χ1n) is 4.56. The van der Waals surface area contributed by atoms with Crippen molar-refractivity contribution in [2.45, 2.75) is 32.1 Å². The van der Waals surface area contributed by atoms with Gasteiger partial charge in [0.05, 0.1) is 0 Å². The second-order valence-electron chi connectivity index (χ2n) is 3.34. The van der Waals surface area contributed by atoms with Crippen molar-refractivity contribution in [1.82, 2.24) is 0 Å². The standard InChI is InChI=1S/C11H15ClO/c1-3-8(2)10-6-9(7-12)4-5-11(10)13/h4-6,8,13H,3,7H2,1-2H3. The largest absolute Gasteiger partial charge is 0.508 e. The van der Waals surface area contributed by atoms with Gasteiger partial charge >= 0.3 is 0 Å². The van der Waals surface area contributed by atoms with Crippen LogP contribution in [0.3, 0.4) is 0 Å². The van der Waals surface area contributed by atoms with Gasteiger partial charge in [0.1, 0.15) is 5.75 Å². The van der Waals surface area contributed by atoms with Gasteiger partial charge in [-0.15, -0.1) is 11.6 Å². The molecule has 0 amide bonds. The average Bonchev–Trinajstić information content (AvgIpc) is 2.17. The fourth-order valence-electron chi connectivity index (χ4n) is 1.30. The van der Waals surface area contributed by atoms with Crippen LogP contribution in [0, 0.1) is 0 Å². The molecule has 0 radical (unpaired) electrons. The number of rotatable bonds is 3. The van der Waals surface area contributed by atoms with Crippen molar-refractivity contribution in [3.63, 3.8) is 0 Å². The summed E-state index contributed by atoms with van der Waals surface area (Å²) in [6, 6.07) is 5.56. The number of alkyl halides is 1. The Morgan fingerprint density at radius 3 is 2.69 bits per heavy atom. The van der Waals surface area contributed by atoms with Crippen molar-refractivity contribution in [2.75, 3.05) is 0 Å². The Labute approximate surface area is 84.4 Å². The van der Waals surface area contributed by atoms with Crippen molar-refractivity contribution in [3.8, 4) is 5.75 Å². The lowest BCUT2D eigenvalue weighted by Gasteiger charge is -2.12. The molecule has 1 N–H and O–H groups in total. The molecule has 1 nitrogen and oxygen atoms in total. The molecule has 0 aromatic heterocycles. The lowest BCUT2D eigenvalue weighted by molar-refractivity contribution is 0.461. The molecular weight excluding hydrogens is 184 g/mol. The third kappa shape index (κ3) is 2.38. The molecular formula is C11H15ClO. The number of halogens is 1. The molecule has 2 heteroatoms. The lowest BCUT2D eigenvalue weighted by atomic mass is 9.96. The Bertz CT molecular complexity index is 283. The van der Waals surface area contributed by atoms with Gasteiger partial charge < -0.3 is 5.11 Å². The Balaban J connectivity index is 3.03. The van der Waals surface area contributed by atoms with E-state index in [-0.39, 0.29) is 0 Å². The van der Waals surface area contributed by atoms with Gasteiger partial charge in [-0.25, -0.2) is 0 Å². The molecule has 1 aromatic rings. The first kappa shape index (κ1) is 10.4. The number of hydrogen-bond acceptors (Lipinski definition) is 1. The lowest BCUT2D eigenvalue weighted by Crippen LogP contribution is -1.93. The van der Waals surface area contributed by atoms with Crippen molar-refractivity contribution in [2.24, 2.45) is 0 Å². The van der Waals surface area contributed by atoms with E-state index in [1.54, 1.807) is 6.07 Å². The van der Waals surface area contributed by atoms with Crippen molar-refractivity contribution >= 4 is 11.6 Å². The summed E-state index contributed by atoms with van der Waals surface area (Å²) in [6.07, 6.45) is 1.03. The van der Waals surface area contributed by atoms with Crippen molar-refractivity contribution in [3.05, 3.63) is 29.3 Å². The van der Waals surface area contributed by atoms with E-state index in [9.17, 15) is 5.11 Å². The Morgan fingerprint density at radius 1 is 1.46 bits per heavy atom. The number of aromatic hydroxyl groups is 1. The molecule has 1 rings (SSSR count). The maximum Gasteiger partial charge on any atom is 0.119 e. The summed E-state index contributed by atoms with van der Waals surface area (Å²) < 4.78 is 0. The molecule has 0 aliphatic rings. The molecule has 72 valence electrons. The summed E-state index contributed by atoms with van der Waals surface area (Å²) in [4.78, 5) is 0.